The van der Waals surface area contributed by atoms with Crippen molar-refractivity contribution in [3.05, 3.63) is 77.8 Å². The molecule has 5 rings (SSSR count). The zero-order valence-corrected chi connectivity index (χ0v) is 25.6. The molecule has 224 valence electrons. The lowest BCUT2D eigenvalue weighted by Gasteiger charge is -2.35. The van der Waals surface area contributed by atoms with E-state index in [1.807, 2.05) is 50.3 Å². The summed E-state index contributed by atoms with van der Waals surface area (Å²) in [6.07, 6.45) is 9.28. The number of hydrogen-bond donors (Lipinski definition) is 3. The van der Waals surface area contributed by atoms with Crippen molar-refractivity contribution < 1.29 is 14.7 Å². The number of aliphatic hydroxyl groups is 1. The van der Waals surface area contributed by atoms with Crippen LogP contribution in [0, 0.1) is 12.8 Å². The number of anilines is 1. The highest BCUT2D eigenvalue weighted by Crippen LogP contribution is 2.38. The molecule has 3 aromatic rings. The maximum atomic E-state index is 12.2. The fourth-order valence-electron chi connectivity index (χ4n) is 5.36. The first-order valence-corrected chi connectivity index (χ1v) is 15.0. The number of carbonyl (C=O) groups excluding carboxylic acids is 2. The molecule has 0 radical (unpaired) electrons. The molecule has 1 atom stereocenters. The third-order valence-electron chi connectivity index (χ3n) is 7.99. The predicted molar refractivity (Wildman–Crippen MR) is 167 cm³/mol. The average Bonchev–Trinajstić information content (AvgIpc) is 3.70. The molecule has 1 aromatic carbocycles. The zero-order chi connectivity index (χ0) is 30.3. The van der Waals surface area contributed by atoms with E-state index in [1.165, 1.54) is 30.3 Å². The predicted octanol–water partition coefficient (Wildman–Crippen LogP) is 6.01. The molecule has 8 heteroatoms. The van der Waals surface area contributed by atoms with Crippen LogP contribution in [0.3, 0.4) is 0 Å². The fraction of sp³-hybridized carbons (Fsp3) is 0.471. The number of Topliss-reactive ketones (excluding diaryl/α,β-unsaturated/α-hetero) is 1. The number of nitrogens with zero attached hydrogens (tertiary/aromatic N) is 3. The van der Waals surface area contributed by atoms with Crippen LogP contribution in [-0.2, 0) is 9.59 Å². The van der Waals surface area contributed by atoms with Gasteiger partial charge in [0.1, 0.15) is 11.6 Å². The number of likely N-dealkylation sites (tertiary alicyclic amines) is 1. The highest BCUT2D eigenvalue weighted by molar-refractivity contribution is 5.98. The number of aromatic amines is 1. The Bertz CT molecular complexity index is 1360. The van der Waals surface area contributed by atoms with Gasteiger partial charge in [0.25, 0.3) is 0 Å². The fourth-order valence-corrected chi connectivity index (χ4v) is 5.36. The number of hydrogen-bond acceptors (Lipinski definition) is 6. The standard InChI is InChI=1S/C27H35N3O3.C7H10N2/c1-19(2)26(20(3)31)22-8-5-7-21(17-22)23-10-11-24(28-18-23)29-25(32)9-6-14-30-15-12-27(4,33)13-16-30;1-5-4-7(9-8-5)6-2-3-6/h5-11,17-19,26,33H,12-16H2,1-4H3,(H,28,29,32);4,6H,2-3H2,1H3,(H,8,9)/b9-6+;. The molecule has 1 aliphatic carbocycles. The van der Waals surface area contributed by atoms with Crippen molar-refractivity contribution in [2.24, 2.45) is 5.92 Å². The summed E-state index contributed by atoms with van der Waals surface area (Å²) < 4.78 is 0. The molecule has 2 fully saturated rings. The van der Waals surface area contributed by atoms with Gasteiger partial charge in [-0.05, 0) is 81.7 Å². The minimum atomic E-state index is -0.569. The summed E-state index contributed by atoms with van der Waals surface area (Å²) in [5.74, 6) is 1.33. The van der Waals surface area contributed by atoms with Crippen molar-refractivity contribution in [3.8, 4) is 11.1 Å². The summed E-state index contributed by atoms with van der Waals surface area (Å²) in [6, 6.07) is 13.8. The highest BCUT2D eigenvalue weighted by atomic mass is 16.3. The number of amides is 1. The summed E-state index contributed by atoms with van der Waals surface area (Å²) in [4.78, 5) is 30.9. The topological polar surface area (TPSA) is 111 Å². The second-order valence-corrected chi connectivity index (χ2v) is 12.3. The molecule has 0 bridgehead atoms. The van der Waals surface area contributed by atoms with E-state index in [0.717, 1.165) is 48.5 Å². The molecule has 3 N–H and O–H groups in total. The second-order valence-electron chi connectivity index (χ2n) is 12.3. The third kappa shape index (κ3) is 9.19. The van der Waals surface area contributed by atoms with Gasteiger partial charge in [0, 0.05) is 55.0 Å². The smallest absolute Gasteiger partial charge is 0.249 e. The van der Waals surface area contributed by atoms with Crippen LogP contribution >= 0.6 is 0 Å². The van der Waals surface area contributed by atoms with E-state index in [0.29, 0.717) is 12.4 Å². The summed E-state index contributed by atoms with van der Waals surface area (Å²) in [5, 5.41) is 19.9. The van der Waals surface area contributed by atoms with Crippen LogP contribution in [-0.4, -0.2) is 62.1 Å². The number of ketones is 1. The third-order valence-corrected chi connectivity index (χ3v) is 7.99. The van der Waals surface area contributed by atoms with Crippen LogP contribution in [0.2, 0.25) is 0 Å². The van der Waals surface area contributed by atoms with E-state index in [-0.39, 0.29) is 23.5 Å². The maximum Gasteiger partial charge on any atom is 0.249 e. The number of aryl methyl sites for hydroxylation is 1. The van der Waals surface area contributed by atoms with Crippen LogP contribution in [0.25, 0.3) is 11.1 Å². The Labute approximate surface area is 249 Å². The Morgan fingerprint density at radius 1 is 1.14 bits per heavy atom. The van der Waals surface area contributed by atoms with Gasteiger partial charge in [-0.1, -0.05) is 44.2 Å². The molecule has 1 unspecified atom stereocenters. The molecule has 2 aromatic heterocycles. The number of nitrogens with one attached hydrogen (secondary N) is 2. The van der Waals surface area contributed by atoms with E-state index in [9.17, 15) is 14.7 Å². The first kappa shape index (κ1) is 31.3. The van der Waals surface area contributed by atoms with Gasteiger partial charge in [-0.25, -0.2) is 4.98 Å². The van der Waals surface area contributed by atoms with Gasteiger partial charge in [0.2, 0.25) is 5.91 Å². The molecule has 3 heterocycles. The second kappa shape index (κ2) is 14.0. The average molecular weight is 572 g/mol. The summed E-state index contributed by atoms with van der Waals surface area (Å²) in [7, 11) is 0. The molecule has 42 heavy (non-hydrogen) atoms. The lowest BCUT2D eigenvalue weighted by Crippen LogP contribution is -2.42. The molecule has 8 nitrogen and oxygen atoms in total. The van der Waals surface area contributed by atoms with Crippen LogP contribution in [0.5, 0.6) is 0 Å². The summed E-state index contributed by atoms with van der Waals surface area (Å²) in [6.45, 7) is 12.0. The van der Waals surface area contributed by atoms with Crippen molar-refractivity contribution >= 4 is 17.5 Å². The molecule has 1 saturated heterocycles. The molecule has 1 aliphatic heterocycles. The molecule has 1 saturated carbocycles. The lowest BCUT2D eigenvalue weighted by molar-refractivity contribution is -0.119. The van der Waals surface area contributed by atoms with Gasteiger partial charge >= 0.3 is 0 Å². The van der Waals surface area contributed by atoms with Crippen LogP contribution in [0.15, 0.2) is 60.8 Å². The van der Waals surface area contributed by atoms with E-state index < -0.39 is 5.60 Å². The van der Waals surface area contributed by atoms with Gasteiger partial charge < -0.3 is 10.4 Å². The molecule has 2 aliphatic rings. The van der Waals surface area contributed by atoms with Gasteiger partial charge in [-0.2, -0.15) is 5.10 Å². The van der Waals surface area contributed by atoms with Gasteiger partial charge in [-0.3, -0.25) is 19.6 Å². The first-order valence-electron chi connectivity index (χ1n) is 15.0. The number of aromatic nitrogens is 3. The Balaban J connectivity index is 0.000000377. The normalized spacial score (nSPS) is 17.5. The number of rotatable bonds is 9. The van der Waals surface area contributed by atoms with E-state index in [1.54, 1.807) is 19.2 Å². The van der Waals surface area contributed by atoms with Crippen molar-refractivity contribution in [3.63, 3.8) is 0 Å². The maximum absolute atomic E-state index is 12.2. The van der Waals surface area contributed by atoms with Crippen molar-refractivity contribution in [2.45, 2.75) is 77.7 Å². The van der Waals surface area contributed by atoms with Gasteiger partial charge in [0.15, 0.2) is 0 Å². The number of pyridine rings is 1. The number of piperidine rings is 1. The number of carbonyl (C=O) groups is 2. The first-order chi connectivity index (χ1) is 20.0. The van der Waals surface area contributed by atoms with Crippen molar-refractivity contribution in [1.82, 2.24) is 20.1 Å². The van der Waals surface area contributed by atoms with E-state index in [4.69, 9.17) is 0 Å². The van der Waals surface area contributed by atoms with Crippen molar-refractivity contribution in [1.29, 1.82) is 0 Å². The zero-order valence-electron chi connectivity index (χ0n) is 25.6. The Morgan fingerprint density at radius 3 is 2.45 bits per heavy atom. The largest absolute Gasteiger partial charge is 0.390 e. The monoisotopic (exact) mass is 571 g/mol. The van der Waals surface area contributed by atoms with E-state index >= 15 is 0 Å². The van der Waals surface area contributed by atoms with Crippen LogP contribution in [0.1, 0.15) is 82.2 Å². The minimum absolute atomic E-state index is 0.124. The number of H-pyrrole nitrogens is 1. The number of benzene rings is 1. The lowest BCUT2D eigenvalue weighted by atomic mass is 9.84. The van der Waals surface area contributed by atoms with Crippen LogP contribution < -0.4 is 5.32 Å². The minimum Gasteiger partial charge on any atom is -0.390 e. The molecule has 0 spiro atoms. The van der Waals surface area contributed by atoms with Gasteiger partial charge in [-0.15, -0.1) is 0 Å². The van der Waals surface area contributed by atoms with Crippen molar-refractivity contribution in [2.75, 3.05) is 25.0 Å². The summed E-state index contributed by atoms with van der Waals surface area (Å²) in [5.41, 5.74) is 4.79. The quantitative estimate of drug-likeness (QED) is 0.271. The Kier molecular flexibility index (Phi) is 10.5. The molecular weight excluding hydrogens is 526 g/mol. The highest BCUT2D eigenvalue weighted by Gasteiger charge is 2.27. The SMILES string of the molecule is CC(=O)C(c1cccc(-c2ccc(NC(=O)/C=C/CN3CCC(C)(O)CC3)nc2)c1)C(C)C.Cc1cc(C2CC2)n[nH]1. The van der Waals surface area contributed by atoms with Gasteiger partial charge in [0.05, 0.1) is 11.3 Å². The molecular formula is C34H45N5O3. The van der Waals surface area contributed by atoms with E-state index in [2.05, 4.69) is 45.3 Å². The van der Waals surface area contributed by atoms with Crippen LogP contribution in [0.4, 0.5) is 5.82 Å². The summed E-state index contributed by atoms with van der Waals surface area (Å²) >= 11 is 0. The molecule has 1 amide bonds. The Hall–Kier alpha value is -3.62. The Morgan fingerprint density at radius 2 is 1.88 bits per heavy atom.